The number of aryl methyl sites for hydroxylation is 1. The number of rotatable bonds is 2. The summed E-state index contributed by atoms with van der Waals surface area (Å²) >= 11 is 3.55. The van der Waals surface area contributed by atoms with Gasteiger partial charge in [0.25, 0.3) is 0 Å². The molecule has 0 spiro atoms. The fraction of sp³-hybridized carbons (Fsp3) is 0.667. The molecule has 2 atom stereocenters. The van der Waals surface area contributed by atoms with Crippen LogP contribution in [0.5, 0.6) is 0 Å². The zero-order valence-electron chi connectivity index (χ0n) is 10.7. The molecule has 0 aliphatic carbocycles. The molecule has 0 N–H and O–H groups in total. The Kier molecular flexibility index (Phi) is 3.78. The van der Waals surface area contributed by atoms with Crippen LogP contribution in [-0.4, -0.2) is 34.4 Å². The van der Waals surface area contributed by atoms with E-state index in [4.69, 9.17) is 0 Å². The van der Waals surface area contributed by atoms with E-state index in [1.165, 1.54) is 11.3 Å². The minimum atomic E-state index is 0.123. The van der Waals surface area contributed by atoms with Gasteiger partial charge in [0.2, 0.25) is 0 Å². The van der Waals surface area contributed by atoms with Gasteiger partial charge in [-0.1, -0.05) is 18.3 Å². The molecule has 3 nitrogen and oxygen atoms in total. The summed E-state index contributed by atoms with van der Waals surface area (Å²) in [4.78, 5) is 19.2. The van der Waals surface area contributed by atoms with Crippen molar-refractivity contribution in [2.75, 3.05) is 17.2 Å². The summed E-state index contributed by atoms with van der Waals surface area (Å²) in [7, 11) is 0. The van der Waals surface area contributed by atoms with Crippen LogP contribution in [0.2, 0.25) is 0 Å². The van der Waals surface area contributed by atoms with Crippen LogP contribution in [0, 0.1) is 6.92 Å². The average molecular weight is 270 g/mol. The van der Waals surface area contributed by atoms with Gasteiger partial charge >= 0.3 is 0 Å². The molecule has 1 aliphatic rings. The largest absolute Gasteiger partial charge is 0.343 e. The van der Waals surface area contributed by atoms with Crippen molar-refractivity contribution in [2.45, 2.75) is 39.0 Å². The van der Waals surface area contributed by atoms with Gasteiger partial charge in [0.05, 0.1) is 10.6 Å². The van der Waals surface area contributed by atoms with Gasteiger partial charge in [-0.2, -0.15) is 11.8 Å². The lowest BCUT2D eigenvalue weighted by molar-refractivity contribution is 0.102. The Labute approximate surface area is 111 Å². The molecule has 1 aromatic heterocycles. The monoisotopic (exact) mass is 270 g/mol. The Morgan fingerprint density at radius 2 is 2.18 bits per heavy atom. The van der Waals surface area contributed by atoms with Crippen molar-refractivity contribution in [3.63, 3.8) is 0 Å². The van der Waals surface area contributed by atoms with Crippen LogP contribution in [0.4, 0.5) is 5.13 Å². The van der Waals surface area contributed by atoms with Gasteiger partial charge in [-0.25, -0.2) is 4.98 Å². The van der Waals surface area contributed by atoms with Crippen molar-refractivity contribution in [2.24, 2.45) is 0 Å². The predicted octanol–water partition coefficient (Wildman–Crippen LogP) is 2.98. The molecule has 2 rings (SSSR count). The average Bonchev–Trinajstić information content (AvgIpc) is 2.64. The number of aromatic nitrogens is 1. The van der Waals surface area contributed by atoms with E-state index in [9.17, 15) is 4.79 Å². The van der Waals surface area contributed by atoms with Crippen LogP contribution >= 0.6 is 23.1 Å². The highest BCUT2D eigenvalue weighted by Crippen LogP contribution is 2.33. The molecule has 94 valence electrons. The van der Waals surface area contributed by atoms with E-state index in [1.807, 2.05) is 18.7 Å². The number of carbonyl (C=O) groups excluding carboxylic acids is 1. The van der Waals surface area contributed by atoms with E-state index in [-0.39, 0.29) is 5.78 Å². The molecule has 1 aromatic rings. The van der Waals surface area contributed by atoms with E-state index in [2.05, 4.69) is 23.7 Å². The SMILES string of the molecule is CC(=O)c1sc(N2CCSC(C)C2C)nc1C. The van der Waals surface area contributed by atoms with Crippen LogP contribution in [0.3, 0.4) is 0 Å². The van der Waals surface area contributed by atoms with Crippen LogP contribution in [0.25, 0.3) is 0 Å². The highest BCUT2D eigenvalue weighted by molar-refractivity contribution is 8.00. The third-order valence-corrected chi connectivity index (χ3v) is 5.87. The van der Waals surface area contributed by atoms with Gasteiger partial charge in [-0.05, 0) is 13.8 Å². The summed E-state index contributed by atoms with van der Waals surface area (Å²) in [6.07, 6.45) is 0. The smallest absolute Gasteiger partial charge is 0.186 e. The normalized spacial score (nSPS) is 25.1. The van der Waals surface area contributed by atoms with Crippen LogP contribution in [-0.2, 0) is 0 Å². The zero-order valence-corrected chi connectivity index (χ0v) is 12.3. The highest BCUT2D eigenvalue weighted by atomic mass is 32.2. The first-order valence-electron chi connectivity index (χ1n) is 5.87. The molecule has 0 saturated carbocycles. The summed E-state index contributed by atoms with van der Waals surface area (Å²) < 4.78 is 0. The first-order chi connectivity index (χ1) is 8.00. The van der Waals surface area contributed by atoms with Crippen molar-refractivity contribution in [1.29, 1.82) is 0 Å². The number of Topliss-reactive ketones (excluding diaryl/α,β-unsaturated/α-hetero) is 1. The first kappa shape index (κ1) is 12.9. The number of thioether (sulfide) groups is 1. The molecule has 0 aromatic carbocycles. The first-order valence-corrected chi connectivity index (χ1v) is 7.74. The Morgan fingerprint density at radius 1 is 1.47 bits per heavy atom. The highest BCUT2D eigenvalue weighted by Gasteiger charge is 2.28. The van der Waals surface area contributed by atoms with Gasteiger partial charge in [-0.3, -0.25) is 4.79 Å². The topological polar surface area (TPSA) is 33.2 Å². The van der Waals surface area contributed by atoms with Crippen molar-refractivity contribution in [3.8, 4) is 0 Å². The molecule has 17 heavy (non-hydrogen) atoms. The Balaban J connectivity index is 2.27. The van der Waals surface area contributed by atoms with Crippen molar-refractivity contribution in [3.05, 3.63) is 10.6 Å². The molecule has 1 aliphatic heterocycles. The fourth-order valence-electron chi connectivity index (χ4n) is 2.03. The molecule has 1 fully saturated rings. The number of hydrogen-bond acceptors (Lipinski definition) is 5. The maximum Gasteiger partial charge on any atom is 0.186 e. The minimum Gasteiger partial charge on any atom is -0.343 e. The summed E-state index contributed by atoms with van der Waals surface area (Å²) in [5, 5.41) is 1.63. The van der Waals surface area contributed by atoms with Gasteiger partial charge in [0.1, 0.15) is 0 Å². The number of anilines is 1. The van der Waals surface area contributed by atoms with Gasteiger partial charge < -0.3 is 4.90 Å². The summed E-state index contributed by atoms with van der Waals surface area (Å²) in [6.45, 7) is 9.06. The van der Waals surface area contributed by atoms with Gasteiger partial charge in [0, 0.05) is 30.5 Å². The summed E-state index contributed by atoms with van der Waals surface area (Å²) in [6, 6.07) is 0.485. The number of ketones is 1. The number of thiazole rings is 1. The number of carbonyl (C=O) groups is 1. The predicted molar refractivity (Wildman–Crippen MR) is 75.6 cm³/mol. The molecule has 1 saturated heterocycles. The number of nitrogens with zero attached hydrogens (tertiary/aromatic N) is 2. The second kappa shape index (κ2) is 4.98. The molecule has 0 bridgehead atoms. The molecule has 0 radical (unpaired) electrons. The molecule has 0 amide bonds. The molecule has 5 heteroatoms. The molecule has 2 unspecified atom stereocenters. The van der Waals surface area contributed by atoms with E-state index in [0.717, 1.165) is 28.0 Å². The van der Waals surface area contributed by atoms with Gasteiger partial charge in [0.15, 0.2) is 10.9 Å². The Hall–Kier alpha value is -0.550. The van der Waals surface area contributed by atoms with Crippen LogP contribution < -0.4 is 4.90 Å². The van der Waals surface area contributed by atoms with Crippen molar-refractivity contribution >= 4 is 34.0 Å². The standard InChI is InChI=1S/C12H18N2OS2/c1-7-11(9(3)15)17-12(13-7)14-5-6-16-10(4)8(14)2/h8,10H,5-6H2,1-4H3. The van der Waals surface area contributed by atoms with E-state index >= 15 is 0 Å². The second-order valence-corrected chi connectivity index (χ2v) is 6.94. The molecular weight excluding hydrogens is 252 g/mol. The third kappa shape index (κ3) is 2.50. The van der Waals surface area contributed by atoms with E-state index in [1.54, 1.807) is 6.92 Å². The summed E-state index contributed by atoms with van der Waals surface area (Å²) in [5.41, 5.74) is 0.871. The Morgan fingerprint density at radius 3 is 2.76 bits per heavy atom. The zero-order chi connectivity index (χ0) is 12.6. The lowest BCUT2D eigenvalue weighted by atomic mass is 10.2. The quantitative estimate of drug-likeness (QED) is 0.774. The maximum absolute atomic E-state index is 11.5. The van der Waals surface area contributed by atoms with E-state index in [0.29, 0.717) is 11.3 Å². The third-order valence-electron chi connectivity index (χ3n) is 3.23. The second-order valence-electron chi connectivity index (χ2n) is 4.48. The lowest BCUT2D eigenvalue weighted by Gasteiger charge is -2.37. The number of hydrogen-bond donors (Lipinski definition) is 0. The maximum atomic E-state index is 11.5. The molecule has 2 heterocycles. The lowest BCUT2D eigenvalue weighted by Crippen LogP contribution is -2.44. The van der Waals surface area contributed by atoms with Crippen molar-refractivity contribution in [1.82, 2.24) is 4.98 Å². The van der Waals surface area contributed by atoms with Crippen LogP contribution in [0.1, 0.15) is 36.1 Å². The fourth-order valence-corrected chi connectivity index (χ4v) is 4.21. The van der Waals surface area contributed by atoms with Gasteiger partial charge in [-0.15, -0.1) is 0 Å². The van der Waals surface area contributed by atoms with Crippen molar-refractivity contribution < 1.29 is 4.79 Å². The Bertz CT molecular complexity index is 430. The van der Waals surface area contributed by atoms with E-state index < -0.39 is 0 Å². The molecular formula is C12H18N2OS2. The summed E-state index contributed by atoms with van der Waals surface area (Å²) in [5.74, 6) is 1.26. The minimum absolute atomic E-state index is 0.123. The van der Waals surface area contributed by atoms with Crippen LogP contribution in [0.15, 0.2) is 0 Å².